The van der Waals surface area contributed by atoms with Gasteiger partial charge in [0.05, 0.1) is 25.0 Å². The first kappa shape index (κ1) is 11.0. The van der Waals surface area contributed by atoms with Crippen LogP contribution < -0.4 is 10.1 Å². The van der Waals surface area contributed by atoms with Crippen molar-refractivity contribution < 1.29 is 4.74 Å². The Morgan fingerprint density at radius 1 is 1.50 bits per heavy atom. The molecule has 2 heterocycles. The quantitative estimate of drug-likeness (QED) is 0.846. The number of rotatable bonds is 4. The van der Waals surface area contributed by atoms with Crippen molar-refractivity contribution in [1.29, 1.82) is 0 Å². The van der Waals surface area contributed by atoms with Gasteiger partial charge in [-0.1, -0.05) is 0 Å². The number of likely N-dealkylation sites (N-methyl/N-ethyl adjacent to an activating group) is 1. The standard InChI is InChI=1S/C12H17N3O/c1-9(13-2)6-12-14-7-10-4-5-11(16-3)8-15(10)12/h4-5,7-9,13H,6H2,1-3H3. The number of hydrogen-bond acceptors (Lipinski definition) is 3. The highest BCUT2D eigenvalue weighted by atomic mass is 16.5. The van der Waals surface area contributed by atoms with E-state index in [1.807, 2.05) is 31.6 Å². The van der Waals surface area contributed by atoms with Crippen LogP contribution in [0.3, 0.4) is 0 Å². The average Bonchev–Trinajstić information content (AvgIpc) is 2.71. The molecular weight excluding hydrogens is 202 g/mol. The van der Waals surface area contributed by atoms with Crippen LogP contribution in [0, 0.1) is 0 Å². The van der Waals surface area contributed by atoms with Crippen LogP contribution in [0.25, 0.3) is 5.52 Å². The topological polar surface area (TPSA) is 38.6 Å². The van der Waals surface area contributed by atoms with E-state index in [0.29, 0.717) is 6.04 Å². The predicted octanol–water partition coefficient (Wildman–Crippen LogP) is 1.49. The maximum atomic E-state index is 5.21. The number of aromatic nitrogens is 2. The Kier molecular flexibility index (Phi) is 3.10. The summed E-state index contributed by atoms with van der Waals surface area (Å²) in [5.41, 5.74) is 1.10. The summed E-state index contributed by atoms with van der Waals surface area (Å²) >= 11 is 0. The summed E-state index contributed by atoms with van der Waals surface area (Å²) in [5, 5.41) is 3.21. The molecule has 2 aromatic rings. The highest BCUT2D eigenvalue weighted by molar-refractivity contribution is 5.48. The van der Waals surface area contributed by atoms with Gasteiger partial charge in [0.25, 0.3) is 0 Å². The Morgan fingerprint density at radius 2 is 2.31 bits per heavy atom. The van der Waals surface area contributed by atoms with E-state index in [1.54, 1.807) is 7.11 Å². The van der Waals surface area contributed by atoms with Crippen molar-refractivity contribution in [3.63, 3.8) is 0 Å². The third-order valence-electron chi connectivity index (χ3n) is 2.79. The maximum absolute atomic E-state index is 5.21. The lowest BCUT2D eigenvalue weighted by Crippen LogP contribution is -2.24. The molecule has 1 atom stereocenters. The first-order valence-electron chi connectivity index (χ1n) is 5.42. The van der Waals surface area contributed by atoms with Gasteiger partial charge in [-0.25, -0.2) is 4.98 Å². The molecule has 2 aromatic heterocycles. The molecule has 0 saturated heterocycles. The lowest BCUT2D eigenvalue weighted by Gasteiger charge is -2.09. The van der Waals surface area contributed by atoms with Crippen molar-refractivity contribution >= 4 is 5.52 Å². The highest BCUT2D eigenvalue weighted by Crippen LogP contribution is 2.15. The second-order valence-corrected chi connectivity index (χ2v) is 3.93. The fourth-order valence-electron chi connectivity index (χ4n) is 1.67. The third-order valence-corrected chi connectivity index (χ3v) is 2.79. The van der Waals surface area contributed by atoms with Crippen LogP contribution in [0.15, 0.2) is 24.5 Å². The predicted molar refractivity (Wildman–Crippen MR) is 64.0 cm³/mol. The Labute approximate surface area is 95.3 Å². The van der Waals surface area contributed by atoms with Gasteiger partial charge in [0.1, 0.15) is 11.6 Å². The minimum absolute atomic E-state index is 0.414. The molecule has 1 unspecified atom stereocenters. The Balaban J connectivity index is 2.38. The smallest absolute Gasteiger partial charge is 0.135 e. The summed E-state index contributed by atoms with van der Waals surface area (Å²) in [6, 6.07) is 4.37. The lowest BCUT2D eigenvalue weighted by atomic mass is 10.2. The molecule has 16 heavy (non-hydrogen) atoms. The number of nitrogens with zero attached hydrogens (tertiary/aromatic N) is 2. The van der Waals surface area contributed by atoms with E-state index in [2.05, 4.69) is 21.6 Å². The van der Waals surface area contributed by atoms with Gasteiger partial charge in [-0.3, -0.25) is 4.40 Å². The minimum atomic E-state index is 0.414. The lowest BCUT2D eigenvalue weighted by molar-refractivity contribution is 0.412. The molecule has 0 aliphatic rings. The van der Waals surface area contributed by atoms with Gasteiger partial charge in [-0.2, -0.15) is 0 Å². The van der Waals surface area contributed by atoms with Gasteiger partial charge in [0.15, 0.2) is 0 Å². The number of methoxy groups -OCH3 is 1. The summed E-state index contributed by atoms with van der Waals surface area (Å²) in [4.78, 5) is 4.43. The monoisotopic (exact) mass is 219 g/mol. The summed E-state index contributed by atoms with van der Waals surface area (Å²) in [6.45, 7) is 2.14. The van der Waals surface area contributed by atoms with E-state index in [1.165, 1.54) is 0 Å². The average molecular weight is 219 g/mol. The summed E-state index contributed by atoms with van der Waals surface area (Å²) in [6.07, 6.45) is 4.76. The third kappa shape index (κ3) is 2.02. The molecule has 0 saturated carbocycles. The van der Waals surface area contributed by atoms with Gasteiger partial charge in [-0.15, -0.1) is 0 Å². The number of fused-ring (bicyclic) bond motifs is 1. The Morgan fingerprint density at radius 3 is 3.00 bits per heavy atom. The fraction of sp³-hybridized carbons (Fsp3) is 0.417. The van der Waals surface area contributed by atoms with Gasteiger partial charge in [-0.05, 0) is 26.1 Å². The molecule has 0 spiro atoms. The largest absolute Gasteiger partial charge is 0.495 e. The van der Waals surface area contributed by atoms with E-state index >= 15 is 0 Å². The van der Waals surface area contributed by atoms with Crippen molar-refractivity contribution in [2.24, 2.45) is 0 Å². The van der Waals surface area contributed by atoms with Crippen molar-refractivity contribution in [2.75, 3.05) is 14.2 Å². The van der Waals surface area contributed by atoms with Gasteiger partial charge >= 0.3 is 0 Å². The van der Waals surface area contributed by atoms with Crippen molar-refractivity contribution in [2.45, 2.75) is 19.4 Å². The van der Waals surface area contributed by atoms with Crippen LogP contribution in [0.5, 0.6) is 5.75 Å². The van der Waals surface area contributed by atoms with E-state index in [0.717, 1.165) is 23.5 Å². The number of hydrogen-bond donors (Lipinski definition) is 1. The summed E-state index contributed by atoms with van der Waals surface area (Å²) in [7, 11) is 3.63. The molecule has 0 fully saturated rings. The van der Waals surface area contributed by atoms with Gasteiger partial charge < -0.3 is 10.1 Å². The Hall–Kier alpha value is -1.55. The van der Waals surface area contributed by atoms with Crippen LogP contribution >= 0.6 is 0 Å². The zero-order valence-electron chi connectivity index (χ0n) is 9.90. The van der Waals surface area contributed by atoms with E-state index in [9.17, 15) is 0 Å². The fourth-order valence-corrected chi connectivity index (χ4v) is 1.67. The summed E-state index contributed by atoms with van der Waals surface area (Å²) in [5.74, 6) is 1.90. The van der Waals surface area contributed by atoms with Crippen LogP contribution in [0.2, 0.25) is 0 Å². The highest BCUT2D eigenvalue weighted by Gasteiger charge is 2.07. The second kappa shape index (κ2) is 4.53. The van der Waals surface area contributed by atoms with Crippen molar-refractivity contribution in [3.8, 4) is 5.75 Å². The molecule has 0 amide bonds. The zero-order valence-corrected chi connectivity index (χ0v) is 9.90. The van der Waals surface area contributed by atoms with Crippen molar-refractivity contribution in [3.05, 3.63) is 30.4 Å². The van der Waals surface area contributed by atoms with Crippen LogP contribution in [0.4, 0.5) is 0 Å². The maximum Gasteiger partial charge on any atom is 0.135 e. The van der Waals surface area contributed by atoms with Gasteiger partial charge in [0.2, 0.25) is 0 Å². The van der Waals surface area contributed by atoms with Crippen molar-refractivity contribution in [1.82, 2.24) is 14.7 Å². The van der Waals surface area contributed by atoms with E-state index in [-0.39, 0.29) is 0 Å². The zero-order chi connectivity index (χ0) is 11.5. The molecule has 0 aliphatic carbocycles. The number of ether oxygens (including phenoxy) is 1. The molecule has 2 rings (SSSR count). The molecular formula is C12H17N3O. The molecule has 0 aromatic carbocycles. The van der Waals surface area contributed by atoms with Crippen LogP contribution in [-0.2, 0) is 6.42 Å². The number of imidazole rings is 1. The molecule has 1 N–H and O–H groups in total. The molecule has 0 radical (unpaired) electrons. The molecule has 86 valence electrons. The molecule has 0 aliphatic heterocycles. The number of pyridine rings is 1. The minimum Gasteiger partial charge on any atom is -0.495 e. The molecule has 4 nitrogen and oxygen atoms in total. The SMILES string of the molecule is CNC(C)Cc1ncc2ccc(OC)cn12. The number of nitrogens with one attached hydrogen (secondary N) is 1. The Bertz CT molecular complexity index is 478. The molecule has 4 heteroatoms. The first-order chi connectivity index (χ1) is 7.74. The second-order valence-electron chi connectivity index (χ2n) is 3.93. The van der Waals surface area contributed by atoms with E-state index < -0.39 is 0 Å². The van der Waals surface area contributed by atoms with Crippen LogP contribution in [0.1, 0.15) is 12.7 Å². The first-order valence-corrected chi connectivity index (χ1v) is 5.42. The summed E-state index contributed by atoms with van der Waals surface area (Å²) < 4.78 is 7.29. The normalized spacial score (nSPS) is 12.9. The van der Waals surface area contributed by atoms with Crippen LogP contribution in [-0.4, -0.2) is 29.6 Å². The van der Waals surface area contributed by atoms with Gasteiger partial charge in [0, 0.05) is 12.5 Å². The molecule has 0 bridgehead atoms. The van der Waals surface area contributed by atoms with E-state index in [4.69, 9.17) is 4.74 Å².